The summed E-state index contributed by atoms with van der Waals surface area (Å²) in [5, 5.41) is 2.98. The van der Waals surface area contributed by atoms with Gasteiger partial charge in [0.2, 0.25) is 0 Å². The van der Waals surface area contributed by atoms with Crippen LogP contribution in [-0.4, -0.2) is 17.6 Å². The van der Waals surface area contributed by atoms with Crippen LogP contribution < -0.4 is 29.7 Å². The zero-order chi connectivity index (χ0) is 29.8. The number of carbonyl (C=O) groups is 1. The summed E-state index contributed by atoms with van der Waals surface area (Å²) in [6, 6.07) is 33.5. The number of benzene rings is 4. The maximum atomic E-state index is 14.1. The summed E-state index contributed by atoms with van der Waals surface area (Å²) in [5.74, 6) is 1.03. The zero-order valence-electron chi connectivity index (χ0n) is 23.7. The number of aromatic nitrogens is 1. The number of thiazole rings is 1. The average molecular weight is 588 g/mol. The molecule has 0 spiro atoms. The quantitative estimate of drug-likeness (QED) is 0.261. The van der Waals surface area contributed by atoms with Crippen LogP contribution in [0.5, 0.6) is 11.5 Å². The first-order valence-corrected chi connectivity index (χ1v) is 14.6. The van der Waals surface area contributed by atoms with Crippen molar-refractivity contribution in [1.29, 1.82) is 0 Å². The molecule has 1 aliphatic heterocycles. The largest absolute Gasteiger partial charge is 0.497 e. The van der Waals surface area contributed by atoms with Gasteiger partial charge < -0.3 is 14.8 Å². The Bertz CT molecular complexity index is 1980. The maximum absolute atomic E-state index is 14.1. The molecule has 5 aromatic rings. The van der Waals surface area contributed by atoms with E-state index in [9.17, 15) is 9.59 Å². The highest BCUT2D eigenvalue weighted by Crippen LogP contribution is 2.32. The highest BCUT2D eigenvalue weighted by Gasteiger charge is 2.32. The van der Waals surface area contributed by atoms with Crippen LogP contribution in [0.1, 0.15) is 29.7 Å². The van der Waals surface area contributed by atoms with Crippen molar-refractivity contribution in [1.82, 2.24) is 4.57 Å². The molecule has 0 saturated heterocycles. The second kappa shape index (κ2) is 12.3. The normalized spacial score (nSPS) is 14.6. The summed E-state index contributed by atoms with van der Waals surface area (Å²) in [6.45, 7) is 2.21. The number of rotatable bonds is 8. The predicted molar refractivity (Wildman–Crippen MR) is 169 cm³/mol. The molecule has 2 heterocycles. The smallest absolute Gasteiger partial charge is 0.271 e. The van der Waals surface area contributed by atoms with E-state index in [1.807, 2.05) is 115 Å². The Morgan fingerprint density at radius 1 is 0.930 bits per heavy atom. The van der Waals surface area contributed by atoms with Crippen LogP contribution in [0.15, 0.2) is 130 Å². The second-order valence-corrected chi connectivity index (χ2v) is 11.0. The van der Waals surface area contributed by atoms with Crippen molar-refractivity contribution in [2.75, 3.05) is 12.4 Å². The van der Waals surface area contributed by atoms with Crippen molar-refractivity contribution in [3.05, 3.63) is 157 Å². The van der Waals surface area contributed by atoms with Crippen LogP contribution in [0.4, 0.5) is 5.69 Å². The van der Waals surface area contributed by atoms with Gasteiger partial charge in [0, 0.05) is 11.3 Å². The Kier molecular flexibility index (Phi) is 8.02. The Morgan fingerprint density at radius 2 is 1.60 bits per heavy atom. The lowest BCUT2D eigenvalue weighted by Crippen LogP contribution is -2.40. The molecule has 1 amide bonds. The minimum absolute atomic E-state index is 0.236. The van der Waals surface area contributed by atoms with E-state index in [-0.39, 0.29) is 11.5 Å². The predicted octanol–water partition coefficient (Wildman–Crippen LogP) is 5.46. The molecule has 1 N–H and O–H groups in total. The third-order valence-electron chi connectivity index (χ3n) is 7.17. The van der Waals surface area contributed by atoms with Gasteiger partial charge >= 0.3 is 0 Å². The zero-order valence-corrected chi connectivity index (χ0v) is 24.5. The van der Waals surface area contributed by atoms with Gasteiger partial charge in [-0.2, -0.15) is 0 Å². The van der Waals surface area contributed by atoms with Gasteiger partial charge in [-0.1, -0.05) is 90.2 Å². The SMILES string of the molecule is COc1ccc([C@@H]2C(C(=O)Nc3ccccc3)=C(C)N=c3s/c(=C/c4ccccc4OCc4ccccc4)c(=O)n32)cc1. The number of nitrogens with one attached hydrogen (secondary N) is 1. The fourth-order valence-electron chi connectivity index (χ4n) is 5.04. The molecule has 1 atom stereocenters. The molecule has 0 saturated carbocycles. The third kappa shape index (κ3) is 5.91. The molecule has 0 bridgehead atoms. The van der Waals surface area contributed by atoms with Crippen molar-refractivity contribution in [2.45, 2.75) is 19.6 Å². The summed E-state index contributed by atoms with van der Waals surface area (Å²) in [5.41, 5.74) is 3.97. The average Bonchev–Trinajstić information content (AvgIpc) is 3.34. The number of amides is 1. The van der Waals surface area contributed by atoms with Gasteiger partial charge in [0.25, 0.3) is 11.5 Å². The van der Waals surface area contributed by atoms with Crippen LogP contribution in [-0.2, 0) is 11.4 Å². The Balaban J connectivity index is 1.43. The maximum Gasteiger partial charge on any atom is 0.271 e. The van der Waals surface area contributed by atoms with Gasteiger partial charge in [-0.25, -0.2) is 4.99 Å². The molecule has 1 aliphatic rings. The van der Waals surface area contributed by atoms with Crippen LogP contribution in [0.3, 0.4) is 0 Å². The summed E-state index contributed by atoms with van der Waals surface area (Å²) in [6.07, 6.45) is 1.83. The van der Waals surface area contributed by atoms with Crippen LogP contribution in [0.2, 0.25) is 0 Å². The molecule has 0 unspecified atom stereocenters. The molecule has 0 radical (unpaired) electrons. The van der Waals surface area contributed by atoms with E-state index in [2.05, 4.69) is 5.32 Å². The van der Waals surface area contributed by atoms with E-state index in [0.29, 0.717) is 44.4 Å². The number of carbonyl (C=O) groups excluding carboxylic acids is 1. The molecular weight excluding hydrogens is 558 g/mol. The first kappa shape index (κ1) is 27.9. The third-order valence-corrected chi connectivity index (χ3v) is 8.16. The van der Waals surface area contributed by atoms with E-state index < -0.39 is 6.04 Å². The van der Waals surface area contributed by atoms with Crippen LogP contribution >= 0.6 is 11.3 Å². The molecule has 43 heavy (non-hydrogen) atoms. The Hall–Kier alpha value is -5.21. The van der Waals surface area contributed by atoms with Crippen molar-refractivity contribution >= 4 is 29.0 Å². The van der Waals surface area contributed by atoms with E-state index >= 15 is 0 Å². The number of methoxy groups -OCH3 is 1. The van der Waals surface area contributed by atoms with Crippen LogP contribution in [0, 0.1) is 0 Å². The number of hydrogen-bond donors (Lipinski definition) is 1. The summed E-state index contributed by atoms with van der Waals surface area (Å²) in [4.78, 5) is 33.1. The standard InChI is InChI=1S/C35H29N3O4S/c1-23-31(33(39)37-27-14-7-4-8-15-27)32(25-17-19-28(41-2)20-18-25)38-34(40)30(43-35(38)36-23)21-26-13-9-10-16-29(26)42-22-24-11-5-3-6-12-24/h3-21,32H,22H2,1-2H3,(H,37,39)/b30-21+/t32-/m1/s1. The Morgan fingerprint density at radius 3 is 2.33 bits per heavy atom. The first-order chi connectivity index (χ1) is 21.0. The lowest BCUT2D eigenvalue weighted by molar-refractivity contribution is -0.113. The number of para-hydroxylation sites is 2. The molecule has 214 valence electrons. The summed E-state index contributed by atoms with van der Waals surface area (Å²) >= 11 is 1.29. The van der Waals surface area contributed by atoms with Crippen molar-refractivity contribution in [2.24, 2.45) is 4.99 Å². The van der Waals surface area contributed by atoms with Gasteiger partial charge in [0.15, 0.2) is 4.80 Å². The van der Waals surface area contributed by atoms with Gasteiger partial charge in [-0.3, -0.25) is 14.2 Å². The van der Waals surface area contributed by atoms with Gasteiger partial charge in [-0.05, 0) is 54.5 Å². The van der Waals surface area contributed by atoms with Crippen molar-refractivity contribution in [3.63, 3.8) is 0 Å². The molecule has 1 aromatic heterocycles. The number of fused-ring (bicyclic) bond motifs is 1. The first-order valence-electron chi connectivity index (χ1n) is 13.8. The van der Waals surface area contributed by atoms with Crippen LogP contribution in [0.25, 0.3) is 6.08 Å². The molecule has 8 heteroatoms. The van der Waals surface area contributed by atoms with E-state index in [0.717, 1.165) is 16.7 Å². The Labute approximate surface area is 252 Å². The second-order valence-electron chi connectivity index (χ2n) is 9.99. The van der Waals surface area contributed by atoms with Gasteiger partial charge in [0.1, 0.15) is 18.1 Å². The minimum Gasteiger partial charge on any atom is -0.497 e. The van der Waals surface area contributed by atoms with Crippen molar-refractivity contribution in [3.8, 4) is 11.5 Å². The number of anilines is 1. The van der Waals surface area contributed by atoms with Crippen molar-refractivity contribution < 1.29 is 14.3 Å². The van der Waals surface area contributed by atoms with E-state index in [4.69, 9.17) is 14.5 Å². The number of ether oxygens (including phenoxy) is 2. The number of nitrogens with zero attached hydrogens (tertiary/aromatic N) is 2. The molecule has 4 aromatic carbocycles. The topological polar surface area (TPSA) is 81.9 Å². The summed E-state index contributed by atoms with van der Waals surface area (Å²) < 4.78 is 13.6. The minimum atomic E-state index is -0.683. The van der Waals surface area contributed by atoms with Gasteiger partial charge in [0.05, 0.1) is 29.0 Å². The molecule has 0 fully saturated rings. The molecule has 0 aliphatic carbocycles. The summed E-state index contributed by atoms with van der Waals surface area (Å²) in [7, 11) is 1.60. The molecule has 6 rings (SSSR count). The molecule has 7 nitrogen and oxygen atoms in total. The van der Waals surface area contributed by atoms with E-state index in [1.54, 1.807) is 18.6 Å². The lowest BCUT2D eigenvalue weighted by Gasteiger charge is -2.25. The lowest BCUT2D eigenvalue weighted by atomic mass is 9.95. The fourth-order valence-corrected chi connectivity index (χ4v) is 6.08. The number of hydrogen-bond acceptors (Lipinski definition) is 6. The highest BCUT2D eigenvalue weighted by molar-refractivity contribution is 7.07. The van der Waals surface area contributed by atoms with Gasteiger partial charge in [-0.15, -0.1) is 0 Å². The fraction of sp³-hybridized carbons (Fsp3) is 0.114. The highest BCUT2D eigenvalue weighted by atomic mass is 32.1. The van der Waals surface area contributed by atoms with E-state index in [1.165, 1.54) is 11.3 Å². The molecular formula is C35H29N3O4S. The number of allylic oxidation sites excluding steroid dienone is 1. The monoisotopic (exact) mass is 587 g/mol.